The van der Waals surface area contributed by atoms with Crippen LogP contribution in [-0.2, 0) is 10.0 Å². The van der Waals surface area contributed by atoms with Crippen LogP contribution in [0.4, 0.5) is 0 Å². The van der Waals surface area contributed by atoms with Crippen molar-refractivity contribution in [3.8, 4) is 0 Å². The molecule has 0 spiro atoms. The first-order valence-electron chi connectivity index (χ1n) is 7.10. The average Bonchev–Trinajstić information content (AvgIpc) is 2.82. The Hall–Kier alpha value is -0.240. The maximum Gasteiger partial charge on any atom is 0.252 e. The van der Waals surface area contributed by atoms with Crippen LogP contribution in [-0.4, -0.2) is 31.6 Å². The van der Waals surface area contributed by atoms with Gasteiger partial charge in [0.25, 0.3) is 10.0 Å². The van der Waals surface area contributed by atoms with Crippen molar-refractivity contribution in [3.05, 3.63) is 51.3 Å². The van der Waals surface area contributed by atoms with Gasteiger partial charge < -0.3 is 0 Å². The molecule has 0 bridgehead atoms. The molecular weight excluding hydrogens is 393 g/mol. The molecule has 1 aliphatic rings. The Labute approximate surface area is 154 Å². The maximum atomic E-state index is 12.7. The van der Waals surface area contributed by atoms with Crippen molar-refractivity contribution >= 4 is 56.3 Å². The minimum absolute atomic E-state index is 0.218. The van der Waals surface area contributed by atoms with E-state index in [2.05, 4.69) is 0 Å². The van der Waals surface area contributed by atoms with E-state index >= 15 is 0 Å². The van der Waals surface area contributed by atoms with Gasteiger partial charge in [-0.3, -0.25) is 0 Å². The predicted molar refractivity (Wildman–Crippen MR) is 99.4 cm³/mol. The van der Waals surface area contributed by atoms with Crippen molar-refractivity contribution in [1.82, 2.24) is 4.31 Å². The number of halogens is 2. The zero-order chi connectivity index (χ0) is 16.4. The third-order valence-electron chi connectivity index (χ3n) is 3.70. The fraction of sp³-hybridized carbons (Fsp3) is 0.333. The van der Waals surface area contributed by atoms with Gasteiger partial charge in [0.05, 0.1) is 4.34 Å². The minimum Gasteiger partial charge on any atom is -0.206 e. The topological polar surface area (TPSA) is 37.4 Å². The Balaban J connectivity index is 1.78. The van der Waals surface area contributed by atoms with E-state index in [1.54, 1.807) is 28.2 Å². The molecule has 124 valence electrons. The molecule has 1 saturated heterocycles. The largest absolute Gasteiger partial charge is 0.252 e. The van der Waals surface area contributed by atoms with E-state index in [0.717, 1.165) is 34.1 Å². The first kappa shape index (κ1) is 17.6. The summed E-state index contributed by atoms with van der Waals surface area (Å²) in [7, 11) is -3.46. The molecule has 8 heteroatoms. The highest BCUT2D eigenvalue weighted by atomic mass is 35.5. The van der Waals surface area contributed by atoms with Crippen molar-refractivity contribution in [2.24, 2.45) is 0 Å². The quantitative estimate of drug-likeness (QED) is 0.723. The van der Waals surface area contributed by atoms with Gasteiger partial charge in [-0.05, 0) is 30.2 Å². The summed E-state index contributed by atoms with van der Waals surface area (Å²) >= 11 is 15.0. The summed E-state index contributed by atoms with van der Waals surface area (Å²) in [6.07, 6.45) is 0.743. The number of thioether (sulfide) groups is 1. The van der Waals surface area contributed by atoms with Gasteiger partial charge >= 0.3 is 0 Å². The zero-order valence-electron chi connectivity index (χ0n) is 12.1. The van der Waals surface area contributed by atoms with Crippen molar-refractivity contribution in [2.75, 3.05) is 18.8 Å². The second kappa shape index (κ2) is 7.33. The van der Waals surface area contributed by atoms with Gasteiger partial charge in [-0.25, -0.2) is 8.42 Å². The van der Waals surface area contributed by atoms with Crippen molar-refractivity contribution in [3.63, 3.8) is 0 Å². The van der Waals surface area contributed by atoms with E-state index in [0.29, 0.717) is 21.6 Å². The molecule has 2 heterocycles. The first-order chi connectivity index (χ1) is 11.0. The Kier molecular flexibility index (Phi) is 5.61. The fourth-order valence-corrected chi connectivity index (χ4v) is 7.35. The molecule has 1 unspecified atom stereocenters. The monoisotopic (exact) mass is 407 g/mol. The molecule has 3 rings (SSSR count). The number of benzene rings is 1. The van der Waals surface area contributed by atoms with Crippen LogP contribution in [0.3, 0.4) is 0 Å². The van der Waals surface area contributed by atoms with Crippen LogP contribution in [0.2, 0.25) is 9.36 Å². The number of sulfonamides is 1. The number of nitrogens with zero attached hydrogens (tertiary/aromatic N) is 1. The highest BCUT2D eigenvalue weighted by Gasteiger charge is 2.29. The van der Waals surface area contributed by atoms with Gasteiger partial charge in [0.15, 0.2) is 0 Å². The number of hydrogen-bond donors (Lipinski definition) is 0. The van der Waals surface area contributed by atoms with E-state index in [-0.39, 0.29) is 5.25 Å². The molecule has 1 aromatic heterocycles. The minimum atomic E-state index is -3.46. The summed E-state index contributed by atoms with van der Waals surface area (Å²) in [6.45, 7) is 0.990. The van der Waals surface area contributed by atoms with Crippen LogP contribution in [0.15, 0.2) is 40.6 Å². The van der Waals surface area contributed by atoms with Crippen LogP contribution < -0.4 is 0 Å². The molecule has 0 N–H and O–H groups in total. The van der Waals surface area contributed by atoms with Crippen molar-refractivity contribution in [1.29, 1.82) is 0 Å². The van der Waals surface area contributed by atoms with Gasteiger partial charge in [0.2, 0.25) is 0 Å². The lowest BCUT2D eigenvalue weighted by Gasteiger charge is -2.19. The Bertz CT molecular complexity index is 792. The zero-order valence-corrected chi connectivity index (χ0v) is 16.1. The number of rotatable bonds is 3. The lowest BCUT2D eigenvalue weighted by molar-refractivity contribution is 0.429. The molecular formula is C15H15Cl2NO2S3. The average molecular weight is 408 g/mol. The van der Waals surface area contributed by atoms with E-state index in [1.165, 1.54) is 0 Å². The second-order valence-electron chi connectivity index (χ2n) is 5.13. The Morgan fingerprint density at radius 3 is 2.57 bits per heavy atom. The normalized spacial score (nSPS) is 20.3. The van der Waals surface area contributed by atoms with E-state index < -0.39 is 10.0 Å². The van der Waals surface area contributed by atoms with Gasteiger partial charge in [-0.2, -0.15) is 16.1 Å². The third kappa shape index (κ3) is 3.89. The van der Waals surface area contributed by atoms with Gasteiger partial charge in [-0.15, -0.1) is 11.3 Å². The van der Waals surface area contributed by atoms with Gasteiger partial charge in [-0.1, -0.05) is 41.4 Å². The number of hydrogen-bond acceptors (Lipinski definition) is 4. The maximum absolute atomic E-state index is 12.7. The summed E-state index contributed by atoms with van der Waals surface area (Å²) in [6, 6.07) is 11.0. The smallest absolute Gasteiger partial charge is 0.206 e. The highest BCUT2D eigenvalue weighted by Crippen LogP contribution is 2.39. The van der Waals surface area contributed by atoms with Crippen molar-refractivity contribution in [2.45, 2.75) is 15.9 Å². The molecule has 1 aliphatic heterocycles. The van der Waals surface area contributed by atoms with E-state index in [4.69, 9.17) is 23.2 Å². The van der Waals surface area contributed by atoms with Gasteiger partial charge in [0.1, 0.15) is 4.21 Å². The Morgan fingerprint density at radius 1 is 1.09 bits per heavy atom. The summed E-state index contributed by atoms with van der Waals surface area (Å²) in [4.78, 5) is 0. The number of thiophene rings is 1. The van der Waals surface area contributed by atoms with Crippen LogP contribution in [0, 0.1) is 0 Å². The summed E-state index contributed by atoms with van der Waals surface area (Å²) < 4.78 is 27.8. The lowest BCUT2D eigenvalue weighted by Crippen LogP contribution is -2.32. The molecule has 0 saturated carbocycles. The molecule has 0 aliphatic carbocycles. The molecule has 3 nitrogen and oxygen atoms in total. The molecule has 23 heavy (non-hydrogen) atoms. The molecule has 0 radical (unpaired) electrons. The molecule has 0 amide bonds. The fourth-order valence-electron chi connectivity index (χ4n) is 2.54. The third-order valence-corrected chi connectivity index (χ3v) is 8.95. The second-order valence-corrected chi connectivity index (χ2v) is 10.7. The molecule has 2 aromatic rings. The van der Waals surface area contributed by atoms with Crippen LogP contribution >= 0.6 is 46.3 Å². The van der Waals surface area contributed by atoms with Crippen LogP contribution in [0.25, 0.3) is 0 Å². The predicted octanol–water partition coefficient (Wildman–Crippen LogP) is 4.92. The highest BCUT2D eigenvalue weighted by molar-refractivity contribution is 7.99. The summed E-state index contributed by atoms with van der Waals surface area (Å²) in [5.74, 6) is 0.744. The molecule has 1 aromatic carbocycles. The SMILES string of the molecule is O=S(=O)(c1ccc(Cl)s1)N1CCSC(c2ccccc2Cl)CC1. The van der Waals surface area contributed by atoms with E-state index in [9.17, 15) is 8.42 Å². The van der Waals surface area contributed by atoms with Gasteiger partial charge in [0, 0.05) is 29.1 Å². The van der Waals surface area contributed by atoms with Crippen LogP contribution in [0.5, 0.6) is 0 Å². The lowest BCUT2D eigenvalue weighted by atomic mass is 10.1. The molecule has 1 fully saturated rings. The van der Waals surface area contributed by atoms with Crippen LogP contribution in [0.1, 0.15) is 17.2 Å². The van der Waals surface area contributed by atoms with Crippen molar-refractivity contribution < 1.29 is 8.42 Å². The summed E-state index contributed by atoms with van der Waals surface area (Å²) in [5, 5.41) is 0.960. The van der Waals surface area contributed by atoms with E-state index in [1.807, 2.05) is 24.3 Å². The molecule has 1 atom stereocenters. The first-order valence-corrected chi connectivity index (χ1v) is 11.2. The summed E-state index contributed by atoms with van der Waals surface area (Å²) in [5.41, 5.74) is 1.08. The Morgan fingerprint density at radius 2 is 1.87 bits per heavy atom. The standard InChI is InChI=1S/C15H15Cl2NO2S3/c16-12-4-2-1-3-11(12)13-7-8-18(9-10-21-13)23(19,20)15-6-5-14(17)22-15/h1-6,13H,7-10H2.